The summed E-state index contributed by atoms with van der Waals surface area (Å²) in [5, 5.41) is 11.7. The number of thiocarbonyl (C=S) groups is 1. The first kappa shape index (κ1) is 22.5. The maximum absolute atomic E-state index is 10.3. The second-order valence-corrected chi connectivity index (χ2v) is 6.32. The molecule has 0 saturated heterocycles. The third-order valence-electron chi connectivity index (χ3n) is 3.16. The van der Waals surface area contributed by atoms with Crippen LogP contribution in [-0.4, -0.2) is 43.4 Å². The van der Waals surface area contributed by atoms with Crippen LogP contribution >= 0.6 is 28.1 Å². The fourth-order valence-corrected chi connectivity index (χ4v) is 2.43. The average molecular weight is 624 g/mol. The minimum absolute atomic E-state index is 0. The van der Waals surface area contributed by atoms with Crippen LogP contribution < -0.4 is 5.32 Å². The van der Waals surface area contributed by atoms with Gasteiger partial charge in [-0.3, -0.25) is 0 Å². The van der Waals surface area contributed by atoms with Crippen LogP contribution in [0.4, 0.5) is 5.69 Å². The predicted octanol–water partition coefficient (Wildman–Crippen LogP) is 4.71. The number of rotatable bonds is 3. The third-order valence-corrected chi connectivity index (χ3v) is 4.03. The van der Waals surface area contributed by atoms with Gasteiger partial charge in [-0.05, 0) is 36.4 Å². The summed E-state index contributed by atoms with van der Waals surface area (Å²) in [6.07, 6.45) is 0. The summed E-state index contributed by atoms with van der Waals surface area (Å²) in [7, 11) is 0. The van der Waals surface area contributed by atoms with E-state index in [1.807, 2.05) is 60.7 Å². The Morgan fingerprint density at radius 1 is 0.808 bits per heavy atom. The number of hydrogen-bond donors (Lipinski definition) is 2. The Hall–Kier alpha value is -1.58. The van der Waals surface area contributed by atoms with Gasteiger partial charge in [0.1, 0.15) is 4.99 Å². The standard InChI is InChI=1S/C13H11NS.C7H5BrO2.Pb.2H/c15-13(11-7-3-1-4-8-11)14-12-9-5-2-6-10-12;8-6-3-1-5(2-4-6)7(9)10;;;/h1-10H,(H,14,15);1-4H,(H,9,10);;;. The van der Waals surface area contributed by atoms with E-state index in [2.05, 4.69) is 21.2 Å². The van der Waals surface area contributed by atoms with Crippen molar-refractivity contribution in [2.45, 2.75) is 0 Å². The van der Waals surface area contributed by atoms with Crippen molar-refractivity contribution in [3.8, 4) is 0 Å². The maximum atomic E-state index is 10.3. The number of carbonyl (C=O) groups is 1. The van der Waals surface area contributed by atoms with Gasteiger partial charge in [-0.15, -0.1) is 0 Å². The van der Waals surface area contributed by atoms with Crippen molar-refractivity contribution in [3.05, 3.63) is 101 Å². The summed E-state index contributed by atoms with van der Waals surface area (Å²) < 4.78 is 0.887. The Morgan fingerprint density at radius 3 is 1.81 bits per heavy atom. The molecule has 0 heterocycles. The number of aromatic carboxylic acids is 1. The molecule has 132 valence electrons. The van der Waals surface area contributed by atoms with Gasteiger partial charge in [0.05, 0.1) is 5.56 Å². The molecule has 6 heteroatoms. The summed E-state index contributed by atoms with van der Waals surface area (Å²) in [6, 6.07) is 26.4. The predicted molar refractivity (Wildman–Crippen MR) is 118 cm³/mol. The molecule has 3 aromatic carbocycles. The van der Waals surface area contributed by atoms with Crippen molar-refractivity contribution in [2.75, 3.05) is 5.32 Å². The second kappa shape index (κ2) is 11.9. The Bertz CT molecular complexity index is 827. The van der Waals surface area contributed by atoms with Gasteiger partial charge in [0, 0.05) is 15.7 Å². The van der Waals surface area contributed by atoms with Crippen molar-refractivity contribution in [1.29, 1.82) is 0 Å². The monoisotopic (exact) mass is 623 g/mol. The number of benzene rings is 3. The second-order valence-electron chi connectivity index (χ2n) is 5.00. The number of nitrogens with one attached hydrogen (secondary N) is 1. The number of hydrogen-bond acceptors (Lipinski definition) is 2. The Kier molecular flexibility index (Phi) is 10.3. The van der Waals surface area contributed by atoms with E-state index in [1.54, 1.807) is 24.3 Å². The molecular formula is C20H18BrNO2PbS. The van der Waals surface area contributed by atoms with E-state index in [0.717, 1.165) is 20.7 Å². The molecule has 3 nitrogen and oxygen atoms in total. The van der Waals surface area contributed by atoms with Gasteiger partial charge in [-0.25, -0.2) is 4.79 Å². The van der Waals surface area contributed by atoms with Gasteiger partial charge in [-0.1, -0.05) is 76.7 Å². The van der Waals surface area contributed by atoms with Crippen molar-refractivity contribution in [2.24, 2.45) is 0 Å². The zero-order chi connectivity index (χ0) is 18.1. The first-order chi connectivity index (χ1) is 12.1. The molecule has 0 amide bonds. The first-order valence-corrected chi connectivity index (χ1v) is 8.66. The number of halogens is 1. The van der Waals surface area contributed by atoms with Gasteiger partial charge < -0.3 is 10.4 Å². The van der Waals surface area contributed by atoms with Crippen LogP contribution in [0.2, 0.25) is 0 Å². The van der Waals surface area contributed by atoms with Crippen molar-refractivity contribution in [3.63, 3.8) is 0 Å². The van der Waals surface area contributed by atoms with Crippen LogP contribution in [0.3, 0.4) is 0 Å². The van der Waals surface area contributed by atoms with Crippen LogP contribution in [-0.2, 0) is 0 Å². The van der Waals surface area contributed by atoms with E-state index in [-0.39, 0.29) is 27.3 Å². The van der Waals surface area contributed by atoms with E-state index in [0.29, 0.717) is 5.56 Å². The number of carboxylic acids is 1. The number of para-hydroxylation sites is 1. The quantitative estimate of drug-likeness (QED) is 0.328. The van der Waals surface area contributed by atoms with E-state index in [1.165, 1.54) is 0 Å². The van der Waals surface area contributed by atoms with Crippen LogP contribution in [0.25, 0.3) is 0 Å². The van der Waals surface area contributed by atoms with Crippen LogP contribution in [0.5, 0.6) is 0 Å². The molecule has 0 saturated carbocycles. The topological polar surface area (TPSA) is 49.3 Å². The SMILES string of the molecule is O=C(O)c1ccc(Br)cc1.S=C(Nc1ccccc1)c1ccccc1.[PbH2]. The molecule has 0 aliphatic carbocycles. The molecule has 0 aliphatic heterocycles. The molecule has 2 radical (unpaired) electrons. The molecule has 3 aromatic rings. The Balaban J connectivity index is 0.000000270. The molecule has 0 fully saturated rings. The van der Waals surface area contributed by atoms with E-state index in [4.69, 9.17) is 17.3 Å². The fourth-order valence-electron chi connectivity index (χ4n) is 1.91. The zero-order valence-corrected chi connectivity index (χ0v) is 21.8. The molecule has 0 aliphatic rings. The molecule has 0 unspecified atom stereocenters. The van der Waals surface area contributed by atoms with Crippen molar-refractivity contribution in [1.82, 2.24) is 0 Å². The number of anilines is 1. The molecule has 0 spiro atoms. The molecule has 3 rings (SSSR count). The van der Waals surface area contributed by atoms with Crippen molar-refractivity contribution < 1.29 is 9.90 Å². The van der Waals surface area contributed by atoms with Gasteiger partial charge in [0.25, 0.3) is 0 Å². The Morgan fingerprint density at radius 2 is 1.31 bits per heavy atom. The molecule has 2 N–H and O–H groups in total. The van der Waals surface area contributed by atoms with E-state index < -0.39 is 5.97 Å². The van der Waals surface area contributed by atoms with Crippen molar-refractivity contribution >= 4 is 72.1 Å². The fraction of sp³-hybridized carbons (Fsp3) is 0. The number of carboxylic acid groups (broad SMARTS) is 1. The summed E-state index contributed by atoms with van der Waals surface area (Å²) >= 11 is 8.49. The Labute approximate surface area is 186 Å². The normalized spacial score (nSPS) is 9.12. The summed E-state index contributed by atoms with van der Waals surface area (Å²) in [5.41, 5.74) is 2.37. The van der Waals surface area contributed by atoms with Crippen LogP contribution in [0.1, 0.15) is 15.9 Å². The van der Waals surface area contributed by atoms with Gasteiger partial charge in [0.15, 0.2) is 0 Å². The van der Waals surface area contributed by atoms with Gasteiger partial charge in [-0.2, -0.15) is 0 Å². The molecule has 26 heavy (non-hydrogen) atoms. The molecule has 0 bridgehead atoms. The van der Waals surface area contributed by atoms with Gasteiger partial charge >= 0.3 is 33.3 Å². The average Bonchev–Trinajstić information content (AvgIpc) is 2.64. The third kappa shape index (κ3) is 7.76. The summed E-state index contributed by atoms with van der Waals surface area (Å²) in [5.74, 6) is -0.896. The van der Waals surface area contributed by atoms with Crippen LogP contribution in [0.15, 0.2) is 89.4 Å². The summed E-state index contributed by atoms with van der Waals surface area (Å²) in [4.78, 5) is 11.0. The molecule has 0 atom stereocenters. The van der Waals surface area contributed by atoms with E-state index >= 15 is 0 Å². The molecular weight excluding hydrogens is 605 g/mol. The first-order valence-electron chi connectivity index (χ1n) is 7.46. The van der Waals surface area contributed by atoms with E-state index in [9.17, 15) is 4.79 Å². The van der Waals surface area contributed by atoms with Crippen LogP contribution in [0, 0.1) is 0 Å². The molecule has 0 aromatic heterocycles. The summed E-state index contributed by atoms with van der Waals surface area (Å²) in [6.45, 7) is 0. The zero-order valence-electron chi connectivity index (χ0n) is 13.9. The minimum atomic E-state index is -0.896. The van der Waals surface area contributed by atoms with Gasteiger partial charge in [0.2, 0.25) is 0 Å².